The summed E-state index contributed by atoms with van der Waals surface area (Å²) in [5, 5.41) is 10.9. The maximum Gasteiger partial charge on any atom is 0.211 e. The maximum atomic E-state index is 9.62. The van der Waals surface area contributed by atoms with E-state index in [4.69, 9.17) is 28.2 Å². The number of para-hydroxylation sites is 1. The Bertz CT molecular complexity index is 891. The van der Waals surface area contributed by atoms with Crippen molar-refractivity contribution in [3.05, 3.63) is 52.0 Å². The number of aryl methyl sites for hydroxylation is 1. The third-order valence-electron chi connectivity index (χ3n) is 4.21. The van der Waals surface area contributed by atoms with Crippen molar-refractivity contribution in [2.45, 2.75) is 19.6 Å². The number of hydrogen-bond acceptors (Lipinski definition) is 3. The first kappa shape index (κ1) is 14.8. The molecule has 6 heteroatoms. The van der Waals surface area contributed by atoms with Gasteiger partial charge in [-0.2, -0.15) is 0 Å². The van der Waals surface area contributed by atoms with Crippen LogP contribution >= 0.6 is 23.2 Å². The molecule has 1 aliphatic rings. The van der Waals surface area contributed by atoms with Gasteiger partial charge < -0.3 is 14.6 Å². The molecule has 0 atom stereocenters. The second-order valence-electron chi connectivity index (χ2n) is 5.61. The van der Waals surface area contributed by atoms with Crippen molar-refractivity contribution in [1.29, 1.82) is 0 Å². The van der Waals surface area contributed by atoms with E-state index in [9.17, 15) is 5.11 Å². The highest BCUT2D eigenvalue weighted by Crippen LogP contribution is 2.37. The first-order chi connectivity index (χ1) is 11.2. The van der Waals surface area contributed by atoms with Crippen molar-refractivity contribution < 1.29 is 5.11 Å². The van der Waals surface area contributed by atoms with Crippen molar-refractivity contribution in [3.8, 4) is 0 Å². The molecule has 3 aromatic rings. The number of anilines is 2. The summed E-state index contributed by atoms with van der Waals surface area (Å²) in [7, 11) is 0. The van der Waals surface area contributed by atoms with Crippen LogP contribution in [-0.4, -0.2) is 21.2 Å². The highest BCUT2D eigenvalue weighted by Gasteiger charge is 2.25. The molecule has 4 rings (SSSR count). The van der Waals surface area contributed by atoms with Gasteiger partial charge in [-0.3, -0.25) is 0 Å². The fourth-order valence-corrected chi connectivity index (χ4v) is 3.72. The van der Waals surface area contributed by atoms with Gasteiger partial charge in [0.1, 0.15) is 0 Å². The number of hydrogen-bond donors (Lipinski definition) is 1. The zero-order valence-corrected chi connectivity index (χ0v) is 13.8. The summed E-state index contributed by atoms with van der Waals surface area (Å²) in [6.45, 7) is 1.73. The minimum Gasteiger partial charge on any atom is -0.392 e. The Labute approximate surface area is 143 Å². The van der Waals surface area contributed by atoms with E-state index >= 15 is 0 Å². The lowest BCUT2D eigenvalue weighted by Gasteiger charge is -2.30. The van der Waals surface area contributed by atoms with E-state index in [1.165, 1.54) is 0 Å². The van der Waals surface area contributed by atoms with Gasteiger partial charge in [-0.1, -0.05) is 35.3 Å². The molecule has 1 aliphatic heterocycles. The molecule has 2 heterocycles. The highest BCUT2D eigenvalue weighted by atomic mass is 35.5. The summed E-state index contributed by atoms with van der Waals surface area (Å²) in [6.07, 6.45) is 0.983. The molecule has 0 aliphatic carbocycles. The highest BCUT2D eigenvalue weighted by molar-refractivity contribution is 6.36. The second kappa shape index (κ2) is 5.71. The molecule has 0 unspecified atom stereocenters. The molecule has 0 amide bonds. The molecule has 118 valence electrons. The third-order valence-corrected chi connectivity index (χ3v) is 4.74. The third kappa shape index (κ3) is 2.38. The van der Waals surface area contributed by atoms with Crippen LogP contribution in [-0.2, 0) is 13.2 Å². The summed E-state index contributed by atoms with van der Waals surface area (Å²) < 4.78 is 2.16. The molecule has 0 saturated heterocycles. The summed E-state index contributed by atoms with van der Waals surface area (Å²) in [5.74, 6) is 0.858. The van der Waals surface area contributed by atoms with E-state index in [1.807, 2.05) is 30.3 Å². The minimum absolute atomic E-state index is 0.00414. The van der Waals surface area contributed by atoms with Crippen molar-refractivity contribution in [1.82, 2.24) is 9.55 Å². The predicted octanol–water partition coefficient (Wildman–Crippen LogP) is 4.38. The summed E-state index contributed by atoms with van der Waals surface area (Å²) in [5.41, 5.74) is 3.69. The Morgan fingerprint density at radius 1 is 1.13 bits per heavy atom. The van der Waals surface area contributed by atoms with Crippen molar-refractivity contribution >= 4 is 45.9 Å². The SMILES string of the molecule is OCc1cccc2nc3n(c12)CCCN3c1ccc(Cl)cc1Cl. The van der Waals surface area contributed by atoms with Crippen LogP contribution in [0.4, 0.5) is 11.6 Å². The van der Waals surface area contributed by atoms with Crippen molar-refractivity contribution in [3.63, 3.8) is 0 Å². The molecule has 0 saturated carbocycles. The van der Waals surface area contributed by atoms with Gasteiger partial charge in [0.25, 0.3) is 0 Å². The molecule has 0 bridgehead atoms. The van der Waals surface area contributed by atoms with Gasteiger partial charge in [-0.05, 0) is 30.7 Å². The first-order valence-corrected chi connectivity index (χ1v) is 8.26. The normalized spacial score (nSPS) is 14.3. The number of aliphatic hydroxyl groups is 1. The Kier molecular flexibility index (Phi) is 3.68. The van der Waals surface area contributed by atoms with E-state index in [2.05, 4.69) is 9.47 Å². The minimum atomic E-state index is 0.00414. The molecule has 0 spiro atoms. The number of aromatic nitrogens is 2. The van der Waals surface area contributed by atoms with E-state index in [-0.39, 0.29) is 6.61 Å². The number of aliphatic hydroxyl groups excluding tert-OH is 1. The Balaban J connectivity index is 1.92. The molecule has 1 aromatic heterocycles. The van der Waals surface area contributed by atoms with Gasteiger partial charge in [-0.15, -0.1) is 0 Å². The summed E-state index contributed by atoms with van der Waals surface area (Å²) >= 11 is 12.4. The molecular weight excluding hydrogens is 333 g/mol. The first-order valence-electron chi connectivity index (χ1n) is 7.50. The van der Waals surface area contributed by atoms with Gasteiger partial charge in [0.2, 0.25) is 5.95 Å². The molecule has 0 fully saturated rings. The van der Waals surface area contributed by atoms with Crippen LogP contribution in [0.15, 0.2) is 36.4 Å². The number of halogens is 2. The summed E-state index contributed by atoms with van der Waals surface area (Å²) in [6, 6.07) is 11.3. The zero-order chi connectivity index (χ0) is 16.0. The summed E-state index contributed by atoms with van der Waals surface area (Å²) in [4.78, 5) is 6.88. The topological polar surface area (TPSA) is 41.3 Å². The molecule has 2 aromatic carbocycles. The van der Waals surface area contributed by atoms with Gasteiger partial charge in [0.05, 0.1) is 28.4 Å². The van der Waals surface area contributed by atoms with Crippen molar-refractivity contribution in [2.75, 3.05) is 11.4 Å². The standard InChI is InChI=1S/C17H15Cl2N3O/c18-12-5-6-15(13(19)9-12)21-7-2-8-22-16-11(10-23)3-1-4-14(16)20-17(21)22/h1,3-6,9,23H,2,7-8,10H2. The van der Waals surface area contributed by atoms with E-state index in [0.717, 1.165) is 47.7 Å². The van der Waals surface area contributed by atoms with Gasteiger partial charge in [0.15, 0.2) is 0 Å². The molecular formula is C17H15Cl2N3O. The van der Waals surface area contributed by atoms with Crippen LogP contribution in [0.1, 0.15) is 12.0 Å². The maximum absolute atomic E-state index is 9.62. The van der Waals surface area contributed by atoms with Gasteiger partial charge >= 0.3 is 0 Å². The lowest BCUT2D eigenvalue weighted by Crippen LogP contribution is -2.28. The van der Waals surface area contributed by atoms with Crippen molar-refractivity contribution in [2.24, 2.45) is 0 Å². The molecule has 4 nitrogen and oxygen atoms in total. The van der Waals surface area contributed by atoms with E-state index in [0.29, 0.717) is 10.0 Å². The van der Waals surface area contributed by atoms with E-state index in [1.54, 1.807) is 6.07 Å². The van der Waals surface area contributed by atoms with Gasteiger partial charge in [-0.25, -0.2) is 4.98 Å². The molecule has 0 radical (unpaired) electrons. The van der Waals surface area contributed by atoms with Crippen LogP contribution < -0.4 is 4.90 Å². The monoisotopic (exact) mass is 347 g/mol. The number of imidazole rings is 1. The Morgan fingerprint density at radius 3 is 2.78 bits per heavy atom. The van der Waals surface area contributed by atoms with Crippen LogP contribution in [0.2, 0.25) is 10.0 Å². The van der Waals surface area contributed by atoms with Crippen LogP contribution in [0, 0.1) is 0 Å². The second-order valence-corrected chi connectivity index (χ2v) is 6.45. The van der Waals surface area contributed by atoms with E-state index < -0.39 is 0 Å². The zero-order valence-electron chi connectivity index (χ0n) is 12.3. The number of fused-ring (bicyclic) bond motifs is 3. The average Bonchev–Trinajstić information content (AvgIpc) is 2.94. The molecule has 1 N–H and O–H groups in total. The fourth-order valence-electron chi connectivity index (χ4n) is 3.21. The van der Waals surface area contributed by atoms with Crippen LogP contribution in [0.25, 0.3) is 11.0 Å². The largest absolute Gasteiger partial charge is 0.392 e. The number of benzene rings is 2. The Hall–Kier alpha value is -1.75. The van der Waals surface area contributed by atoms with Crippen LogP contribution in [0.5, 0.6) is 0 Å². The van der Waals surface area contributed by atoms with Gasteiger partial charge in [0, 0.05) is 23.7 Å². The predicted molar refractivity (Wildman–Crippen MR) is 93.7 cm³/mol. The number of rotatable bonds is 2. The Morgan fingerprint density at radius 2 is 2.00 bits per heavy atom. The fraction of sp³-hybridized carbons (Fsp3) is 0.235. The number of nitrogens with zero attached hydrogens (tertiary/aromatic N) is 3. The lowest BCUT2D eigenvalue weighted by atomic mass is 10.2. The average molecular weight is 348 g/mol. The molecule has 23 heavy (non-hydrogen) atoms. The van der Waals surface area contributed by atoms with Crippen LogP contribution in [0.3, 0.4) is 0 Å². The lowest BCUT2D eigenvalue weighted by molar-refractivity contribution is 0.283. The smallest absolute Gasteiger partial charge is 0.211 e. The quantitative estimate of drug-likeness (QED) is 0.747.